The van der Waals surface area contributed by atoms with Crippen LogP contribution in [0.4, 0.5) is 0 Å². The lowest BCUT2D eigenvalue weighted by Crippen LogP contribution is -2.28. The Kier molecular flexibility index (Phi) is 4.18. The number of hydrogen-bond acceptors (Lipinski definition) is 1. The average Bonchev–Trinajstić information content (AvgIpc) is 3.40. The van der Waals surface area contributed by atoms with Gasteiger partial charge in [0.05, 0.1) is 5.41 Å². The van der Waals surface area contributed by atoms with E-state index in [0.717, 1.165) is 4.47 Å². The van der Waals surface area contributed by atoms with Crippen molar-refractivity contribution in [1.82, 2.24) is 0 Å². The van der Waals surface area contributed by atoms with Gasteiger partial charge in [0.1, 0.15) is 0 Å². The minimum atomic E-state index is -0.360. The van der Waals surface area contributed by atoms with Gasteiger partial charge in [-0.2, -0.15) is 0 Å². The first kappa shape index (κ1) is 19.3. The highest BCUT2D eigenvalue weighted by Crippen LogP contribution is 2.60. The first-order chi connectivity index (χ1) is 16.3. The highest BCUT2D eigenvalue weighted by molar-refractivity contribution is 9.10. The average molecular weight is 503 g/mol. The lowest BCUT2D eigenvalue weighted by molar-refractivity contribution is 0.768. The van der Waals surface area contributed by atoms with Crippen LogP contribution < -0.4 is 0 Å². The van der Waals surface area contributed by atoms with Gasteiger partial charge in [-0.25, -0.2) is 0 Å². The van der Waals surface area contributed by atoms with Crippen LogP contribution >= 0.6 is 27.3 Å². The molecule has 5 aromatic carbocycles. The lowest BCUT2D eigenvalue weighted by atomic mass is 9.68. The fraction of sp³-hybridized carbons (Fsp3) is 0.0323. The highest BCUT2D eigenvalue weighted by Gasteiger charge is 2.47. The van der Waals surface area contributed by atoms with Crippen LogP contribution in [0.2, 0.25) is 0 Å². The summed E-state index contributed by atoms with van der Waals surface area (Å²) in [4.78, 5) is 0. The quantitative estimate of drug-likeness (QED) is 0.221. The van der Waals surface area contributed by atoms with Crippen molar-refractivity contribution in [2.24, 2.45) is 0 Å². The smallest absolute Gasteiger partial charge is 0.0714 e. The third-order valence-electron chi connectivity index (χ3n) is 7.02. The summed E-state index contributed by atoms with van der Waals surface area (Å²) in [6.45, 7) is 0. The van der Waals surface area contributed by atoms with Crippen LogP contribution in [0.5, 0.6) is 0 Å². The minimum absolute atomic E-state index is 0.360. The van der Waals surface area contributed by atoms with Crippen molar-refractivity contribution in [3.05, 3.63) is 142 Å². The third kappa shape index (κ3) is 2.51. The van der Waals surface area contributed by atoms with Gasteiger partial charge in [0.2, 0.25) is 0 Å². The standard InChI is InChI=1S/C31H19BrS/c32-26-19-25-28(30-29(26)23-16-8-10-18-27(23)33-30)22-15-7-9-17-24(22)31(25,20-11-3-1-4-12-20)21-13-5-2-6-14-21/h1-19H. The van der Waals surface area contributed by atoms with Crippen molar-refractivity contribution in [1.29, 1.82) is 0 Å². The van der Waals surface area contributed by atoms with Crippen LogP contribution in [0.25, 0.3) is 31.3 Å². The molecular weight excluding hydrogens is 484 g/mol. The molecule has 0 fully saturated rings. The molecule has 1 aliphatic rings. The number of rotatable bonds is 2. The second-order valence-electron chi connectivity index (χ2n) is 8.61. The van der Waals surface area contributed by atoms with Gasteiger partial charge in [-0.05, 0) is 39.9 Å². The third-order valence-corrected chi connectivity index (χ3v) is 8.83. The molecule has 33 heavy (non-hydrogen) atoms. The fourth-order valence-electron chi connectivity index (χ4n) is 5.75. The summed E-state index contributed by atoms with van der Waals surface area (Å²) < 4.78 is 3.86. The normalized spacial score (nSPS) is 13.8. The molecule has 0 spiro atoms. The Morgan fingerprint density at radius 3 is 1.94 bits per heavy atom. The van der Waals surface area contributed by atoms with Crippen molar-refractivity contribution in [2.45, 2.75) is 5.41 Å². The van der Waals surface area contributed by atoms with E-state index in [1.54, 1.807) is 0 Å². The SMILES string of the molecule is Brc1cc2c(c3sc4ccccc4c13)-c1ccccc1C2(c1ccccc1)c1ccccc1. The monoisotopic (exact) mass is 502 g/mol. The van der Waals surface area contributed by atoms with Gasteiger partial charge in [-0.1, -0.05) is 119 Å². The fourth-order valence-corrected chi connectivity index (χ4v) is 7.82. The Balaban J connectivity index is 1.73. The number of thiophene rings is 1. The second kappa shape index (κ2) is 7.15. The maximum Gasteiger partial charge on any atom is 0.0714 e. The number of halogens is 1. The van der Waals surface area contributed by atoms with E-state index in [1.807, 2.05) is 11.3 Å². The zero-order chi connectivity index (χ0) is 22.0. The van der Waals surface area contributed by atoms with Gasteiger partial charge in [-0.3, -0.25) is 0 Å². The predicted molar refractivity (Wildman–Crippen MR) is 144 cm³/mol. The molecular formula is C31H19BrS. The summed E-state index contributed by atoms with van der Waals surface area (Å²) in [5.74, 6) is 0. The number of hydrogen-bond donors (Lipinski definition) is 0. The maximum atomic E-state index is 4.00. The molecule has 0 saturated carbocycles. The largest absolute Gasteiger partial charge is 0.134 e. The molecule has 7 rings (SSSR count). The zero-order valence-electron chi connectivity index (χ0n) is 17.8. The summed E-state index contributed by atoms with van der Waals surface area (Å²) in [5, 5.41) is 2.64. The molecule has 1 aromatic heterocycles. The Morgan fingerprint density at radius 2 is 1.21 bits per heavy atom. The van der Waals surface area contributed by atoms with Gasteiger partial charge in [0, 0.05) is 30.2 Å². The van der Waals surface area contributed by atoms with E-state index < -0.39 is 0 Å². The van der Waals surface area contributed by atoms with Crippen molar-refractivity contribution in [3.63, 3.8) is 0 Å². The highest BCUT2D eigenvalue weighted by atomic mass is 79.9. The van der Waals surface area contributed by atoms with E-state index in [1.165, 1.54) is 53.6 Å². The van der Waals surface area contributed by atoms with Crippen molar-refractivity contribution in [3.8, 4) is 11.1 Å². The molecule has 2 heteroatoms. The Morgan fingerprint density at radius 1 is 0.606 bits per heavy atom. The Labute approximate surface area is 205 Å². The summed E-state index contributed by atoms with van der Waals surface area (Å²) >= 11 is 5.90. The molecule has 0 bridgehead atoms. The number of benzene rings is 5. The molecule has 1 aliphatic carbocycles. The Hall–Kier alpha value is -3.20. The van der Waals surface area contributed by atoms with Gasteiger partial charge in [-0.15, -0.1) is 11.3 Å². The van der Waals surface area contributed by atoms with E-state index in [4.69, 9.17) is 0 Å². The van der Waals surface area contributed by atoms with Crippen LogP contribution in [0.3, 0.4) is 0 Å². The molecule has 0 radical (unpaired) electrons. The molecule has 0 amide bonds. The molecule has 156 valence electrons. The van der Waals surface area contributed by atoms with Crippen LogP contribution in [0, 0.1) is 0 Å². The topological polar surface area (TPSA) is 0 Å². The first-order valence-electron chi connectivity index (χ1n) is 11.2. The molecule has 6 aromatic rings. The van der Waals surface area contributed by atoms with Crippen molar-refractivity contribution >= 4 is 47.4 Å². The Bertz CT molecular complexity index is 1620. The van der Waals surface area contributed by atoms with Crippen LogP contribution in [-0.4, -0.2) is 0 Å². The van der Waals surface area contributed by atoms with Gasteiger partial charge in [0.15, 0.2) is 0 Å². The second-order valence-corrected chi connectivity index (χ2v) is 10.5. The molecule has 0 aliphatic heterocycles. The van der Waals surface area contributed by atoms with E-state index in [2.05, 4.69) is 131 Å². The molecule has 0 N–H and O–H groups in total. The summed E-state index contributed by atoms with van der Waals surface area (Å²) in [5.41, 5.74) is 7.66. The molecule has 1 heterocycles. The van der Waals surface area contributed by atoms with Crippen LogP contribution in [0.1, 0.15) is 22.3 Å². The maximum absolute atomic E-state index is 4.00. The molecule has 0 saturated heterocycles. The van der Waals surface area contributed by atoms with E-state index in [9.17, 15) is 0 Å². The number of fused-ring (bicyclic) bond motifs is 7. The molecule has 0 nitrogen and oxygen atoms in total. The zero-order valence-corrected chi connectivity index (χ0v) is 20.2. The van der Waals surface area contributed by atoms with Gasteiger partial charge < -0.3 is 0 Å². The first-order valence-corrected chi connectivity index (χ1v) is 12.8. The van der Waals surface area contributed by atoms with Crippen LogP contribution in [0.15, 0.2) is 120 Å². The van der Waals surface area contributed by atoms with E-state index >= 15 is 0 Å². The predicted octanol–water partition coefficient (Wildman–Crippen LogP) is 9.18. The summed E-state index contributed by atoms with van der Waals surface area (Å²) in [6, 6.07) is 42.1. The van der Waals surface area contributed by atoms with E-state index in [-0.39, 0.29) is 5.41 Å². The van der Waals surface area contributed by atoms with E-state index in [0.29, 0.717) is 0 Å². The van der Waals surface area contributed by atoms with Crippen molar-refractivity contribution in [2.75, 3.05) is 0 Å². The summed E-state index contributed by atoms with van der Waals surface area (Å²) in [7, 11) is 0. The van der Waals surface area contributed by atoms with Crippen molar-refractivity contribution < 1.29 is 0 Å². The lowest BCUT2D eigenvalue weighted by Gasteiger charge is -2.34. The summed E-state index contributed by atoms with van der Waals surface area (Å²) in [6.07, 6.45) is 0. The molecule has 0 atom stereocenters. The van der Waals surface area contributed by atoms with Crippen LogP contribution in [-0.2, 0) is 5.41 Å². The van der Waals surface area contributed by atoms with Gasteiger partial charge in [0.25, 0.3) is 0 Å². The molecule has 0 unspecified atom stereocenters. The van der Waals surface area contributed by atoms with Gasteiger partial charge >= 0.3 is 0 Å². The minimum Gasteiger partial charge on any atom is -0.134 e.